The molecular formula is C19H27NO6S-2. The van der Waals surface area contributed by atoms with Crippen LogP contribution in [0.5, 0.6) is 11.5 Å². The minimum absolute atomic E-state index is 0.384. The van der Waals surface area contributed by atoms with E-state index >= 15 is 0 Å². The molecule has 0 saturated heterocycles. The Balaban J connectivity index is 0.000000713. The van der Waals surface area contributed by atoms with Gasteiger partial charge < -0.3 is 35.0 Å². The first-order valence-corrected chi connectivity index (χ1v) is 9.55. The Morgan fingerprint density at radius 3 is 2.11 bits per heavy atom. The van der Waals surface area contributed by atoms with Crippen LogP contribution in [0.25, 0.3) is 0 Å². The van der Waals surface area contributed by atoms with E-state index in [0.717, 1.165) is 34.1 Å². The van der Waals surface area contributed by atoms with E-state index in [4.69, 9.17) is 15.2 Å². The molecule has 0 atom stereocenters. The van der Waals surface area contributed by atoms with Crippen molar-refractivity contribution in [2.24, 2.45) is 5.73 Å². The maximum Gasteiger partial charge on any atom is 0.132 e. The molecule has 0 fully saturated rings. The zero-order chi connectivity index (χ0) is 20.7. The Bertz CT molecular complexity index is 602. The molecule has 27 heavy (non-hydrogen) atoms. The van der Waals surface area contributed by atoms with E-state index < -0.39 is 11.9 Å². The molecule has 0 aliphatic carbocycles. The largest absolute Gasteiger partial charge is 0.545 e. The fraction of sp³-hybridized carbons (Fsp3) is 0.474. The molecule has 0 amide bonds. The van der Waals surface area contributed by atoms with Crippen molar-refractivity contribution < 1.29 is 29.3 Å². The van der Waals surface area contributed by atoms with Crippen molar-refractivity contribution in [3.63, 3.8) is 0 Å². The molecule has 0 aromatic heterocycles. The third kappa shape index (κ3) is 11.2. The minimum atomic E-state index is -1.55. The quantitative estimate of drug-likeness (QED) is 0.326. The highest BCUT2D eigenvalue weighted by atomic mass is 32.2. The van der Waals surface area contributed by atoms with Gasteiger partial charge >= 0.3 is 0 Å². The number of benzene rings is 1. The number of carboxylic acid groups (broad SMARTS) is 2. The van der Waals surface area contributed by atoms with Gasteiger partial charge in [0.1, 0.15) is 11.5 Å². The molecule has 1 aromatic rings. The normalized spacial score (nSPS) is 10.2. The van der Waals surface area contributed by atoms with Crippen LogP contribution in [0, 0.1) is 0 Å². The molecule has 0 unspecified atom stereocenters. The average Bonchev–Trinajstić information content (AvgIpc) is 2.64. The standard InChI is InChI=1S/C15H25NO2S.C4H4O4/c1-4-5-6-9-19-15-11-13(17-2)12(7-8-16)10-14(15)18-3;5-3(6)1-2-4(7)8/h10-11H,4-9,16H2,1-3H3;1-2H,(H,5,6)(H,7,8)/p-2/b;2-1-. The predicted octanol–water partition coefficient (Wildman–Crippen LogP) is 0.530. The third-order valence-corrected chi connectivity index (χ3v) is 4.46. The van der Waals surface area contributed by atoms with Gasteiger partial charge in [-0.25, -0.2) is 0 Å². The van der Waals surface area contributed by atoms with Crippen LogP contribution in [-0.4, -0.2) is 38.5 Å². The van der Waals surface area contributed by atoms with Gasteiger partial charge in [0.25, 0.3) is 0 Å². The summed E-state index contributed by atoms with van der Waals surface area (Å²) in [4.78, 5) is 20.0. The molecule has 0 bridgehead atoms. The lowest BCUT2D eigenvalue weighted by Gasteiger charge is -2.14. The monoisotopic (exact) mass is 397 g/mol. The molecular weight excluding hydrogens is 370 g/mol. The Morgan fingerprint density at radius 1 is 1.07 bits per heavy atom. The van der Waals surface area contributed by atoms with Crippen molar-refractivity contribution in [3.05, 3.63) is 29.8 Å². The number of carbonyl (C=O) groups excluding carboxylic acids is 2. The number of ether oxygens (including phenoxy) is 2. The summed E-state index contributed by atoms with van der Waals surface area (Å²) in [6.07, 6.45) is 5.33. The van der Waals surface area contributed by atoms with Crippen LogP contribution in [0.15, 0.2) is 29.2 Å². The van der Waals surface area contributed by atoms with Gasteiger partial charge in [-0.05, 0) is 55.0 Å². The molecule has 8 heteroatoms. The van der Waals surface area contributed by atoms with Crippen LogP contribution < -0.4 is 25.4 Å². The zero-order valence-corrected chi connectivity index (χ0v) is 16.8. The Hall–Kier alpha value is -2.19. The lowest BCUT2D eigenvalue weighted by Crippen LogP contribution is -2.23. The zero-order valence-electron chi connectivity index (χ0n) is 16.0. The second-order valence-electron chi connectivity index (χ2n) is 5.38. The van der Waals surface area contributed by atoms with Crippen LogP contribution in [0.4, 0.5) is 0 Å². The summed E-state index contributed by atoms with van der Waals surface area (Å²) in [5.41, 5.74) is 6.74. The number of carboxylic acids is 2. The summed E-state index contributed by atoms with van der Waals surface area (Å²) < 4.78 is 10.9. The number of rotatable bonds is 11. The summed E-state index contributed by atoms with van der Waals surface area (Å²) in [6.45, 7) is 2.83. The second kappa shape index (κ2) is 14.9. The lowest BCUT2D eigenvalue weighted by atomic mass is 10.1. The molecule has 0 radical (unpaired) electrons. The molecule has 1 rings (SSSR count). The van der Waals surface area contributed by atoms with Gasteiger partial charge in [0.15, 0.2) is 0 Å². The van der Waals surface area contributed by atoms with Crippen molar-refractivity contribution >= 4 is 23.7 Å². The number of hydrogen-bond donors (Lipinski definition) is 1. The maximum absolute atomic E-state index is 9.41. The summed E-state index contributed by atoms with van der Waals surface area (Å²) in [6, 6.07) is 4.12. The SMILES string of the molecule is CCCCCSc1cc(OC)c(CCN)cc1OC.O=C([O-])/C=C\C(=O)[O-]. The smallest absolute Gasteiger partial charge is 0.132 e. The number of aliphatic carboxylic acids is 2. The number of carbonyl (C=O) groups is 2. The average molecular weight is 397 g/mol. The van der Waals surface area contributed by atoms with E-state index in [1.54, 1.807) is 14.2 Å². The van der Waals surface area contributed by atoms with Crippen LogP contribution >= 0.6 is 11.8 Å². The second-order valence-corrected chi connectivity index (χ2v) is 6.52. The molecule has 1 aromatic carbocycles. The van der Waals surface area contributed by atoms with Crippen molar-refractivity contribution in [3.8, 4) is 11.5 Å². The van der Waals surface area contributed by atoms with Gasteiger partial charge in [0, 0.05) is 0 Å². The van der Waals surface area contributed by atoms with Gasteiger partial charge in [-0.3, -0.25) is 0 Å². The molecule has 0 spiro atoms. The lowest BCUT2D eigenvalue weighted by molar-refractivity contribution is -0.301. The number of hydrogen-bond acceptors (Lipinski definition) is 8. The minimum Gasteiger partial charge on any atom is -0.545 e. The topological polar surface area (TPSA) is 125 Å². The summed E-state index contributed by atoms with van der Waals surface area (Å²) in [5, 5.41) is 18.8. The van der Waals surface area contributed by atoms with E-state index in [9.17, 15) is 19.8 Å². The number of methoxy groups -OCH3 is 2. The van der Waals surface area contributed by atoms with E-state index in [1.165, 1.54) is 19.3 Å². The Kier molecular flexibility index (Phi) is 13.7. The van der Waals surface area contributed by atoms with E-state index in [1.807, 2.05) is 17.8 Å². The molecule has 0 heterocycles. The summed E-state index contributed by atoms with van der Waals surface area (Å²) >= 11 is 1.83. The van der Waals surface area contributed by atoms with Gasteiger partial charge in [0.2, 0.25) is 0 Å². The van der Waals surface area contributed by atoms with Gasteiger partial charge in [-0.15, -0.1) is 11.8 Å². The highest BCUT2D eigenvalue weighted by Gasteiger charge is 2.11. The first kappa shape index (κ1) is 24.8. The van der Waals surface area contributed by atoms with Gasteiger partial charge in [-0.2, -0.15) is 0 Å². The number of unbranched alkanes of at least 4 members (excludes halogenated alkanes) is 2. The highest BCUT2D eigenvalue weighted by molar-refractivity contribution is 7.99. The molecule has 0 aliphatic rings. The number of nitrogens with two attached hydrogens (primary N) is 1. The molecule has 2 N–H and O–H groups in total. The number of thioether (sulfide) groups is 1. The fourth-order valence-electron chi connectivity index (χ4n) is 2.07. The van der Waals surface area contributed by atoms with Crippen LogP contribution in [-0.2, 0) is 16.0 Å². The van der Waals surface area contributed by atoms with Crippen LogP contribution in [0.1, 0.15) is 31.7 Å². The molecule has 0 aliphatic heterocycles. The van der Waals surface area contributed by atoms with Crippen LogP contribution in [0.2, 0.25) is 0 Å². The van der Waals surface area contributed by atoms with Gasteiger partial charge in [0.05, 0.1) is 31.1 Å². The highest BCUT2D eigenvalue weighted by Crippen LogP contribution is 2.36. The van der Waals surface area contributed by atoms with Crippen LogP contribution in [0.3, 0.4) is 0 Å². The van der Waals surface area contributed by atoms with E-state index in [-0.39, 0.29) is 0 Å². The Morgan fingerprint density at radius 2 is 1.67 bits per heavy atom. The predicted molar refractivity (Wildman–Crippen MR) is 102 cm³/mol. The first-order chi connectivity index (χ1) is 12.9. The molecule has 7 nitrogen and oxygen atoms in total. The van der Waals surface area contributed by atoms with Crippen molar-refractivity contribution in [2.75, 3.05) is 26.5 Å². The van der Waals surface area contributed by atoms with E-state index in [0.29, 0.717) is 18.7 Å². The molecule has 152 valence electrons. The Labute approximate surface area is 164 Å². The third-order valence-electron chi connectivity index (χ3n) is 3.34. The van der Waals surface area contributed by atoms with Crippen molar-refractivity contribution in [2.45, 2.75) is 37.5 Å². The summed E-state index contributed by atoms with van der Waals surface area (Å²) in [7, 11) is 3.41. The fourth-order valence-corrected chi connectivity index (χ4v) is 3.11. The van der Waals surface area contributed by atoms with E-state index in [2.05, 4.69) is 13.0 Å². The first-order valence-electron chi connectivity index (χ1n) is 8.57. The summed E-state index contributed by atoms with van der Waals surface area (Å²) in [5.74, 6) is -0.151. The van der Waals surface area contributed by atoms with Crippen molar-refractivity contribution in [1.29, 1.82) is 0 Å². The van der Waals surface area contributed by atoms with Gasteiger partial charge in [-0.1, -0.05) is 19.8 Å². The maximum atomic E-state index is 9.41. The molecule has 0 saturated carbocycles. The van der Waals surface area contributed by atoms with Crippen molar-refractivity contribution in [1.82, 2.24) is 0 Å².